The molecule has 0 aliphatic rings. The fourth-order valence-electron chi connectivity index (χ4n) is 1.60. The van der Waals surface area contributed by atoms with Gasteiger partial charge >= 0.3 is 0 Å². The predicted molar refractivity (Wildman–Crippen MR) is 61.0 cm³/mol. The van der Waals surface area contributed by atoms with E-state index in [1.165, 1.54) is 31.3 Å². The van der Waals surface area contributed by atoms with Crippen molar-refractivity contribution in [1.29, 1.82) is 0 Å². The van der Waals surface area contributed by atoms with E-state index in [1.807, 2.05) is 0 Å². The fraction of sp³-hybridized carbons (Fsp3) is 0.833. The topological polar surface area (TPSA) is 12.0 Å². The third-order valence-electron chi connectivity index (χ3n) is 2.54. The van der Waals surface area contributed by atoms with Crippen LogP contribution in [0.5, 0.6) is 0 Å². The summed E-state index contributed by atoms with van der Waals surface area (Å²) in [5.41, 5.74) is 1.31. The van der Waals surface area contributed by atoms with Gasteiger partial charge in [0.25, 0.3) is 0 Å². The maximum Gasteiger partial charge on any atom is 0.00870 e. The number of hydrogen-bond donors (Lipinski definition) is 1. The summed E-state index contributed by atoms with van der Waals surface area (Å²) in [5.74, 6) is 0.745. The third kappa shape index (κ3) is 6.83. The number of allylic oxidation sites excluding steroid dienone is 1. The highest BCUT2D eigenvalue weighted by atomic mass is 14.9. The van der Waals surface area contributed by atoms with Crippen molar-refractivity contribution in [3.05, 3.63) is 12.2 Å². The lowest BCUT2D eigenvalue weighted by atomic mass is 9.97. The minimum absolute atomic E-state index is 0.685. The Morgan fingerprint density at radius 3 is 2.31 bits per heavy atom. The number of nitrogens with one attached hydrogen (secondary N) is 1. The van der Waals surface area contributed by atoms with Gasteiger partial charge in [0.15, 0.2) is 0 Å². The van der Waals surface area contributed by atoms with Crippen LogP contribution < -0.4 is 5.32 Å². The van der Waals surface area contributed by atoms with Gasteiger partial charge in [-0.3, -0.25) is 0 Å². The first-order valence-electron chi connectivity index (χ1n) is 5.39. The van der Waals surface area contributed by atoms with Crippen molar-refractivity contribution in [3.63, 3.8) is 0 Å². The maximum atomic E-state index is 3.91. The van der Waals surface area contributed by atoms with Crippen LogP contribution in [-0.4, -0.2) is 13.1 Å². The molecule has 0 fully saturated rings. The molecule has 0 aromatic rings. The molecule has 0 aliphatic heterocycles. The summed E-state index contributed by atoms with van der Waals surface area (Å²) in [6, 6.07) is 0.685. The lowest BCUT2D eigenvalue weighted by Crippen LogP contribution is -2.30. The quantitative estimate of drug-likeness (QED) is 0.471. The van der Waals surface area contributed by atoms with E-state index in [9.17, 15) is 0 Å². The van der Waals surface area contributed by atoms with Gasteiger partial charge in [0.2, 0.25) is 0 Å². The molecule has 13 heavy (non-hydrogen) atoms. The molecule has 0 rings (SSSR count). The second-order valence-electron chi connectivity index (χ2n) is 4.34. The minimum atomic E-state index is 0.685. The van der Waals surface area contributed by atoms with E-state index in [0.717, 1.165) is 5.92 Å². The van der Waals surface area contributed by atoms with E-state index in [2.05, 4.69) is 39.7 Å². The highest BCUT2D eigenvalue weighted by Gasteiger charge is 2.09. The van der Waals surface area contributed by atoms with Gasteiger partial charge in [0, 0.05) is 6.04 Å². The van der Waals surface area contributed by atoms with E-state index >= 15 is 0 Å². The largest absolute Gasteiger partial charge is 0.317 e. The van der Waals surface area contributed by atoms with Crippen molar-refractivity contribution in [2.45, 2.75) is 52.5 Å². The Morgan fingerprint density at radius 2 is 1.92 bits per heavy atom. The maximum absolute atomic E-state index is 3.91. The third-order valence-corrected chi connectivity index (χ3v) is 2.54. The molecule has 0 heterocycles. The Kier molecular flexibility index (Phi) is 6.97. The summed E-state index contributed by atoms with van der Waals surface area (Å²) >= 11 is 0. The first-order valence-corrected chi connectivity index (χ1v) is 5.39. The molecule has 1 heteroatoms. The predicted octanol–water partition coefficient (Wildman–Crippen LogP) is 3.37. The molecule has 0 saturated heterocycles. The van der Waals surface area contributed by atoms with Crippen LogP contribution in [0.2, 0.25) is 0 Å². The van der Waals surface area contributed by atoms with Gasteiger partial charge < -0.3 is 5.32 Å². The first kappa shape index (κ1) is 12.7. The first-order chi connectivity index (χ1) is 6.07. The molecule has 0 bridgehead atoms. The molecule has 78 valence electrons. The second kappa shape index (κ2) is 7.14. The fourth-order valence-corrected chi connectivity index (χ4v) is 1.60. The molecule has 0 radical (unpaired) electrons. The Labute approximate surface area is 83.6 Å². The molecule has 1 atom stereocenters. The highest BCUT2D eigenvalue weighted by molar-refractivity contribution is 4.87. The van der Waals surface area contributed by atoms with Crippen LogP contribution >= 0.6 is 0 Å². The summed E-state index contributed by atoms with van der Waals surface area (Å²) in [6.45, 7) is 10.6. The zero-order valence-corrected chi connectivity index (χ0v) is 9.69. The standard InChI is InChI=1S/C12H25N/c1-10(2)8-6-7-9-12(13-5)11(3)4/h11-13H,1,6-9H2,2-5H3. The summed E-state index contributed by atoms with van der Waals surface area (Å²) in [6.07, 6.45) is 5.09. The van der Waals surface area contributed by atoms with Crippen LogP contribution in [-0.2, 0) is 0 Å². The van der Waals surface area contributed by atoms with E-state index in [4.69, 9.17) is 0 Å². The molecule has 0 spiro atoms. The van der Waals surface area contributed by atoms with Crippen molar-refractivity contribution in [3.8, 4) is 0 Å². The molecular weight excluding hydrogens is 158 g/mol. The molecule has 0 saturated carbocycles. The molecule has 1 nitrogen and oxygen atoms in total. The van der Waals surface area contributed by atoms with Crippen molar-refractivity contribution in [2.24, 2.45) is 5.92 Å². The van der Waals surface area contributed by atoms with Crippen molar-refractivity contribution in [1.82, 2.24) is 5.32 Å². The smallest absolute Gasteiger partial charge is 0.00870 e. The molecule has 1 N–H and O–H groups in total. The van der Waals surface area contributed by atoms with Gasteiger partial charge in [-0.15, -0.1) is 6.58 Å². The molecule has 1 unspecified atom stereocenters. The summed E-state index contributed by atoms with van der Waals surface area (Å²) < 4.78 is 0. The molecule has 0 aromatic carbocycles. The monoisotopic (exact) mass is 183 g/mol. The second-order valence-corrected chi connectivity index (χ2v) is 4.34. The summed E-state index contributed by atoms with van der Waals surface area (Å²) in [7, 11) is 2.06. The SMILES string of the molecule is C=C(C)CCCCC(NC)C(C)C. The van der Waals surface area contributed by atoms with Crippen LogP contribution in [0.25, 0.3) is 0 Å². The average molecular weight is 183 g/mol. The van der Waals surface area contributed by atoms with E-state index in [0.29, 0.717) is 6.04 Å². The zero-order valence-electron chi connectivity index (χ0n) is 9.69. The van der Waals surface area contributed by atoms with Crippen LogP contribution in [0, 0.1) is 5.92 Å². The molecule has 0 amide bonds. The lowest BCUT2D eigenvalue weighted by molar-refractivity contribution is 0.389. The normalized spacial score (nSPS) is 13.3. The Bertz CT molecular complexity index is 138. The van der Waals surface area contributed by atoms with Crippen LogP contribution in [0.3, 0.4) is 0 Å². The van der Waals surface area contributed by atoms with E-state index in [-0.39, 0.29) is 0 Å². The van der Waals surface area contributed by atoms with Gasteiger partial charge in [0.1, 0.15) is 0 Å². The van der Waals surface area contributed by atoms with Gasteiger partial charge in [-0.05, 0) is 39.2 Å². The van der Waals surface area contributed by atoms with Crippen LogP contribution in [0.1, 0.15) is 46.5 Å². The molecular formula is C12H25N. The van der Waals surface area contributed by atoms with Gasteiger partial charge in [-0.2, -0.15) is 0 Å². The lowest BCUT2D eigenvalue weighted by Gasteiger charge is -2.19. The minimum Gasteiger partial charge on any atom is -0.317 e. The van der Waals surface area contributed by atoms with Crippen molar-refractivity contribution >= 4 is 0 Å². The van der Waals surface area contributed by atoms with Gasteiger partial charge in [0.05, 0.1) is 0 Å². The average Bonchev–Trinajstić information content (AvgIpc) is 2.03. The van der Waals surface area contributed by atoms with Gasteiger partial charge in [-0.25, -0.2) is 0 Å². The van der Waals surface area contributed by atoms with E-state index in [1.54, 1.807) is 0 Å². The summed E-state index contributed by atoms with van der Waals surface area (Å²) in [4.78, 5) is 0. The van der Waals surface area contributed by atoms with Crippen LogP contribution in [0.15, 0.2) is 12.2 Å². The number of hydrogen-bond acceptors (Lipinski definition) is 1. The molecule has 0 aromatic heterocycles. The highest BCUT2D eigenvalue weighted by Crippen LogP contribution is 2.12. The van der Waals surface area contributed by atoms with Crippen LogP contribution in [0.4, 0.5) is 0 Å². The van der Waals surface area contributed by atoms with E-state index < -0.39 is 0 Å². The summed E-state index contributed by atoms with van der Waals surface area (Å²) in [5, 5.41) is 3.37. The number of rotatable bonds is 7. The van der Waals surface area contributed by atoms with Crippen molar-refractivity contribution in [2.75, 3.05) is 7.05 Å². The Hall–Kier alpha value is -0.300. The Morgan fingerprint density at radius 1 is 1.31 bits per heavy atom. The molecule has 0 aliphatic carbocycles. The van der Waals surface area contributed by atoms with Gasteiger partial charge in [-0.1, -0.05) is 25.8 Å². The Balaban J connectivity index is 3.44. The zero-order chi connectivity index (χ0) is 10.3. The number of unbranched alkanes of at least 4 members (excludes halogenated alkanes) is 1. The van der Waals surface area contributed by atoms with Crippen molar-refractivity contribution < 1.29 is 0 Å².